The van der Waals surface area contributed by atoms with Crippen LogP contribution in [0.15, 0.2) is 0 Å². The molecule has 2 nitrogen and oxygen atoms in total. The smallest absolute Gasteiger partial charge is 0.0319 e. The second-order valence-corrected chi connectivity index (χ2v) is 3.87. The summed E-state index contributed by atoms with van der Waals surface area (Å²) in [4.78, 5) is 2.16. The van der Waals surface area contributed by atoms with Gasteiger partial charge in [0.15, 0.2) is 0 Å². The van der Waals surface area contributed by atoms with Crippen molar-refractivity contribution in [3.05, 3.63) is 0 Å². The van der Waals surface area contributed by atoms with Crippen LogP contribution in [-0.2, 0) is 0 Å². The summed E-state index contributed by atoms with van der Waals surface area (Å²) in [6, 6.07) is 0. The normalized spacial score (nSPS) is 13.9. The topological polar surface area (TPSA) is 15.3 Å². The lowest BCUT2D eigenvalue weighted by molar-refractivity contribution is 0.399. The maximum absolute atomic E-state index is 5.77. The third-order valence-corrected chi connectivity index (χ3v) is 1.67. The molecule has 0 saturated carbocycles. The molecule has 1 atom stereocenters. The van der Waals surface area contributed by atoms with Crippen molar-refractivity contribution in [2.24, 2.45) is 0 Å². The molecule has 3 heteroatoms. The Morgan fingerprint density at radius 3 is 2.45 bits per heavy atom. The van der Waals surface area contributed by atoms with Crippen LogP contribution in [0.25, 0.3) is 0 Å². The van der Waals surface area contributed by atoms with Crippen molar-refractivity contribution in [1.29, 1.82) is 0 Å². The van der Waals surface area contributed by atoms with Crippen LogP contribution in [0.2, 0.25) is 0 Å². The number of hydrogen-bond donors (Lipinski definition) is 1. The van der Waals surface area contributed by atoms with Gasteiger partial charge in [-0.2, -0.15) is 0 Å². The van der Waals surface area contributed by atoms with Gasteiger partial charge in [-0.15, -0.1) is 11.6 Å². The Kier molecular flexibility index (Phi) is 7.02. The quantitative estimate of drug-likeness (QED) is 0.485. The Morgan fingerprint density at radius 1 is 1.36 bits per heavy atom. The van der Waals surface area contributed by atoms with Crippen molar-refractivity contribution in [3.63, 3.8) is 0 Å². The predicted molar refractivity (Wildman–Crippen MR) is 51.4 cm³/mol. The van der Waals surface area contributed by atoms with Crippen molar-refractivity contribution in [3.8, 4) is 0 Å². The molecule has 0 aromatic heterocycles. The van der Waals surface area contributed by atoms with E-state index in [0.717, 1.165) is 26.1 Å². The van der Waals surface area contributed by atoms with Crippen LogP contribution in [0.3, 0.4) is 0 Å². The maximum atomic E-state index is 5.77. The number of hydrogen-bond acceptors (Lipinski definition) is 2. The summed E-state index contributed by atoms with van der Waals surface area (Å²) in [7, 11) is 4.15. The van der Waals surface area contributed by atoms with Crippen LogP contribution in [0, 0.1) is 0 Å². The molecule has 0 aromatic carbocycles. The molecule has 0 amide bonds. The van der Waals surface area contributed by atoms with E-state index in [4.69, 9.17) is 11.6 Å². The van der Waals surface area contributed by atoms with Crippen molar-refractivity contribution in [1.82, 2.24) is 10.2 Å². The lowest BCUT2D eigenvalue weighted by Crippen LogP contribution is -2.27. The second-order valence-electron chi connectivity index (χ2n) is 3.12. The van der Waals surface area contributed by atoms with Gasteiger partial charge in [0.1, 0.15) is 0 Å². The van der Waals surface area contributed by atoms with E-state index in [9.17, 15) is 0 Å². The summed E-state index contributed by atoms with van der Waals surface area (Å²) in [5.41, 5.74) is 0. The van der Waals surface area contributed by atoms with Crippen molar-refractivity contribution in [2.45, 2.75) is 18.7 Å². The molecule has 1 unspecified atom stereocenters. The molecular formula is C8H19ClN2. The van der Waals surface area contributed by atoms with Crippen LogP contribution < -0.4 is 5.32 Å². The zero-order valence-electron chi connectivity index (χ0n) is 7.73. The minimum Gasteiger partial charge on any atom is -0.315 e. The third kappa shape index (κ3) is 10.2. The summed E-state index contributed by atoms with van der Waals surface area (Å²) in [5, 5.41) is 3.62. The van der Waals surface area contributed by atoms with Crippen LogP contribution in [-0.4, -0.2) is 44.0 Å². The molecule has 0 fully saturated rings. The zero-order chi connectivity index (χ0) is 8.69. The summed E-state index contributed by atoms with van der Waals surface area (Å²) in [5.74, 6) is 0. The van der Waals surface area contributed by atoms with E-state index >= 15 is 0 Å². The molecule has 11 heavy (non-hydrogen) atoms. The lowest BCUT2D eigenvalue weighted by atomic mass is 10.3. The number of nitrogens with one attached hydrogen (secondary N) is 1. The van der Waals surface area contributed by atoms with E-state index in [-0.39, 0.29) is 0 Å². The molecule has 0 saturated heterocycles. The van der Waals surface area contributed by atoms with E-state index in [1.807, 2.05) is 6.92 Å². The molecular weight excluding hydrogens is 160 g/mol. The van der Waals surface area contributed by atoms with Gasteiger partial charge in [-0.1, -0.05) is 0 Å². The minimum absolute atomic E-state index is 0.293. The third-order valence-electron chi connectivity index (χ3n) is 1.45. The Bertz CT molecular complexity index is 74.2. The van der Waals surface area contributed by atoms with Gasteiger partial charge < -0.3 is 10.2 Å². The van der Waals surface area contributed by atoms with Gasteiger partial charge in [-0.3, -0.25) is 0 Å². The van der Waals surface area contributed by atoms with Crippen LogP contribution in [0.5, 0.6) is 0 Å². The zero-order valence-corrected chi connectivity index (χ0v) is 8.49. The predicted octanol–water partition coefficient (Wildman–Crippen LogP) is 1.16. The Labute approximate surface area is 74.9 Å². The van der Waals surface area contributed by atoms with Gasteiger partial charge in [-0.25, -0.2) is 0 Å². The molecule has 1 N–H and O–H groups in total. The Balaban J connectivity index is 2.91. The Hall–Kier alpha value is 0.210. The van der Waals surface area contributed by atoms with Gasteiger partial charge >= 0.3 is 0 Å². The molecule has 0 aliphatic carbocycles. The fourth-order valence-electron chi connectivity index (χ4n) is 0.729. The van der Waals surface area contributed by atoms with Crippen molar-refractivity contribution < 1.29 is 0 Å². The highest BCUT2D eigenvalue weighted by molar-refractivity contribution is 6.20. The molecule has 0 aromatic rings. The molecule has 0 rings (SSSR count). The van der Waals surface area contributed by atoms with Crippen LogP contribution in [0.4, 0.5) is 0 Å². The first-order valence-electron chi connectivity index (χ1n) is 4.12. The summed E-state index contributed by atoms with van der Waals surface area (Å²) in [6.45, 7) is 5.20. The van der Waals surface area contributed by atoms with E-state index in [2.05, 4.69) is 24.3 Å². The minimum atomic E-state index is 0.293. The summed E-state index contributed by atoms with van der Waals surface area (Å²) >= 11 is 5.77. The highest BCUT2D eigenvalue weighted by atomic mass is 35.5. The fourth-order valence-corrected chi connectivity index (χ4v) is 0.838. The van der Waals surface area contributed by atoms with E-state index in [1.54, 1.807) is 0 Å². The maximum Gasteiger partial charge on any atom is 0.0319 e. The van der Waals surface area contributed by atoms with E-state index in [0.29, 0.717) is 5.38 Å². The largest absolute Gasteiger partial charge is 0.315 e. The van der Waals surface area contributed by atoms with Gasteiger partial charge in [0.05, 0.1) is 0 Å². The number of rotatable bonds is 6. The monoisotopic (exact) mass is 178 g/mol. The first-order valence-corrected chi connectivity index (χ1v) is 4.56. The summed E-state index contributed by atoms with van der Waals surface area (Å²) in [6.07, 6.45) is 1.05. The van der Waals surface area contributed by atoms with Crippen molar-refractivity contribution >= 4 is 11.6 Å². The average molecular weight is 179 g/mol. The number of likely N-dealkylation sites (N-methyl/N-ethyl adjacent to an activating group) is 1. The molecule has 68 valence electrons. The number of nitrogens with zero attached hydrogens (tertiary/aromatic N) is 1. The van der Waals surface area contributed by atoms with Gasteiger partial charge in [0, 0.05) is 18.5 Å². The van der Waals surface area contributed by atoms with E-state index in [1.165, 1.54) is 0 Å². The lowest BCUT2D eigenvalue weighted by Gasteiger charge is -2.10. The highest BCUT2D eigenvalue weighted by Gasteiger charge is 1.94. The fraction of sp³-hybridized carbons (Fsp3) is 1.00. The molecule has 0 aliphatic heterocycles. The standard InChI is InChI=1S/C8H19ClN2/c1-8(9)4-5-10-6-7-11(2)3/h8,10H,4-7H2,1-3H3. The van der Waals surface area contributed by atoms with Crippen molar-refractivity contribution in [2.75, 3.05) is 33.7 Å². The Morgan fingerprint density at radius 2 is 2.00 bits per heavy atom. The molecule has 0 spiro atoms. The first kappa shape index (κ1) is 11.2. The molecule has 0 radical (unpaired) electrons. The second kappa shape index (κ2) is 6.89. The summed E-state index contributed by atoms with van der Waals surface area (Å²) < 4.78 is 0. The molecule has 0 heterocycles. The van der Waals surface area contributed by atoms with E-state index < -0.39 is 0 Å². The highest BCUT2D eigenvalue weighted by Crippen LogP contribution is 1.96. The first-order chi connectivity index (χ1) is 5.13. The number of halogens is 1. The van der Waals surface area contributed by atoms with Gasteiger partial charge in [-0.05, 0) is 34.0 Å². The van der Waals surface area contributed by atoms with Gasteiger partial charge in [0.2, 0.25) is 0 Å². The van der Waals surface area contributed by atoms with Crippen LogP contribution in [0.1, 0.15) is 13.3 Å². The average Bonchev–Trinajstić information content (AvgIpc) is 1.85. The molecule has 0 aliphatic rings. The van der Waals surface area contributed by atoms with Crippen LogP contribution >= 0.6 is 11.6 Å². The van der Waals surface area contributed by atoms with Gasteiger partial charge in [0.25, 0.3) is 0 Å². The number of alkyl halides is 1. The molecule has 0 bridgehead atoms. The SMILES string of the molecule is CC(Cl)CCNCCN(C)C.